The first-order chi connectivity index (χ1) is 11.5. The first-order valence-corrected chi connectivity index (χ1v) is 7.57. The van der Waals surface area contributed by atoms with E-state index >= 15 is 0 Å². The molecule has 0 atom stereocenters. The lowest BCUT2D eigenvalue weighted by atomic mass is 10.0. The molecule has 2 aromatic carbocycles. The fraction of sp³-hybridized carbons (Fsp3) is 0.158. The van der Waals surface area contributed by atoms with Crippen LogP contribution in [0, 0.1) is 13.8 Å². The number of benzene rings is 2. The standard InChI is InChI=1S/C19H18N2O3/c1-11-8-15-16(9-12(11)2)21-19(23)17(20-15)10-18(22)13-4-6-14(24-3)7-5-13/h4-10,20H,1-3H3,(H,21,23)/b17-10-. The van der Waals surface area contributed by atoms with Crippen LogP contribution >= 0.6 is 0 Å². The number of carbonyl (C=O) groups is 2. The van der Waals surface area contributed by atoms with Crippen LogP contribution < -0.4 is 15.4 Å². The van der Waals surface area contributed by atoms with Crippen LogP contribution in [0.3, 0.4) is 0 Å². The number of hydrogen-bond donors (Lipinski definition) is 2. The number of hydrogen-bond acceptors (Lipinski definition) is 4. The minimum absolute atomic E-state index is 0.228. The summed E-state index contributed by atoms with van der Waals surface area (Å²) in [5, 5.41) is 5.85. The number of rotatable bonds is 3. The number of allylic oxidation sites excluding steroid dienone is 1. The van der Waals surface area contributed by atoms with E-state index in [1.165, 1.54) is 6.08 Å². The lowest BCUT2D eigenvalue weighted by Gasteiger charge is -2.22. The number of nitrogens with one attached hydrogen (secondary N) is 2. The Morgan fingerprint density at radius 1 is 1.00 bits per heavy atom. The Hall–Kier alpha value is -3.08. The van der Waals surface area contributed by atoms with Gasteiger partial charge in [0.15, 0.2) is 5.78 Å². The van der Waals surface area contributed by atoms with Crippen LogP contribution in [0.25, 0.3) is 0 Å². The Bertz CT molecular complexity index is 852. The Morgan fingerprint density at radius 3 is 2.17 bits per heavy atom. The summed E-state index contributed by atoms with van der Waals surface area (Å²) >= 11 is 0. The van der Waals surface area contributed by atoms with Crippen molar-refractivity contribution in [2.45, 2.75) is 13.8 Å². The summed E-state index contributed by atoms with van der Waals surface area (Å²) in [6.45, 7) is 3.99. The molecule has 0 aliphatic carbocycles. The Kier molecular flexibility index (Phi) is 4.08. The molecule has 2 N–H and O–H groups in total. The number of anilines is 2. The van der Waals surface area contributed by atoms with Crippen LogP contribution in [0.5, 0.6) is 5.75 Å². The lowest BCUT2D eigenvalue weighted by molar-refractivity contribution is -0.112. The van der Waals surface area contributed by atoms with Crippen molar-refractivity contribution in [3.05, 3.63) is 64.9 Å². The maximum Gasteiger partial charge on any atom is 0.272 e. The van der Waals surface area contributed by atoms with E-state index in [0.717, 1.165) is 22.5 Å². The van der Waals surface area contributed by atoms with Crippen molar-refractivity contribution >= 4 is 23.1 Å². The summed E-state index contributed by atoms with van der Waals surface area (Å²) in [6, 6.07) is 10.6. The predicted octanol–water partition coefficient (Wildman–Crippen LogP) is 3.44. The number of fused-ring (bicyclic) bond motifs is 1. The van der Waals surface area contributed by atoms with Crippen molar-refractivity contribution in [3.63, 3.8) is 0 Å². The number of ketones is 1. The van der Waals surface area contributed by atoms with E-state index in [0.29, 0.717) is 11.3 Å². The van der Waals surface area contributed by atoms with Gasteiger partial charge in [-0.2, -0.15) is 0 Å². The Balaban J connectivity index is 1.88. The van der Waals surface area contributed by atoms with Crippen LogP contribution in [0.15, 0.2) is 48.2 Å². The van der Waals surface area contributed by atoms with Crippen molar-refractivity contribution < 1.29 is 14.3 Å². The highest BCUT2D eigenvalue weighted by molar-refractivity contribution is 6.16. The smallest absolute Gasteiger partial charge is 0.272 e. The second kappa shape index (κ2) is 6.20. The largest absolute Gasteiger partial charge is 0.497 e. The molecule has 122 valence electrons. The molecule has 5 nitrogen and oxygen atoms in total. The normalized spacial score (nSPS) is 14.6. The van der Waals surface area contributed by atoms with E-state index in [1.807, 2.05) is 26.0 Å². The lowest BCUT2D eigenvalue weighted by Crippen LogP contribution is -2.26. The molecule has 1 aliphatic rings. The number of methoxy groups -OCH3 is 1. The molecule has 24 heavy (non-hydrogen) atoms. The van der Waals surface area contributed by atoms with E-state index in [-0.39, 0.29) is 17.4 Å². The Morgan fingerprint density at radius 2 is 1.58 bits per heavy atom. The molecule has 0 saturated heterocycles. The highest BCUT2D eigenvalue weighted by Gasteiger charge is 2.21. The SMILES string of the molecule is COc1ccc(C(=O)/C=C2\Nc3cc(C)c(C)cc3NC2=O)cc1. The second-order valence-corrected chi connectivity index (χ2v) is 5.71. The predicted molar refractivity (Wildman–Crippen MR) is 93.6 cm³/mol. The summed E-state index contributed by atoms with van der Waals surface area (Å²) in [7, 11) is 1.57. The van der Waals surface area contributed by atoms with Gasteiger partial charge in [-0.15, -0.1) is 0 Å². The molecule has 1 amide bonds. The number of aryl methyl sites for hydroxylation is 2. The molecule has 0 aromatic heterocycles. The van der Waals surface area contributed by atoms with E-state index < -0.39 is 0 Å². The van der Waals surface area contributed by atoms with Gasteiger partial charge in [-0.1, -0.05) is 0 Å². The Labute approximate surface area is 140 Å². The van der Waals surface area contributed by atoms with Crippen LogP contribution in [0.1, 0.15) is 21.5 Å². The first-order valence-electron chi connectivity index (χ1n) is 7.57. The summed E-state index contributed by atoms with van der Waals surface area (Å²) in [5.74, 6) is 0.0997. The third-order valence-corrected chi connectivity index (χ3v) is 4.05. The van der Waals surface area contributed by atoms with Gasteiger partial charge >= 0.3 is 0 Å². The van der Waals surface area contributed by atoms with E-state index in [9.17, 15) is 9.59 Å². The van der Waals surface area contributed by atoms with Crippen LogP contribution in [0.2, 0.25) is 0 Å². The van der Waals surface area contributed by atoms with Gasteiger partial charge in [-0.05, 0) is 61.4 Å². The monoisotopic (exact) mass is 322 g/mol. The first kappa shape index (κ1) is 15.8. The summed E-state index contributed by atoms with van der Waals surface area (Å²) < 4.78 is 5.07. The van der Waals surface area contributed by atoms with Crippen molar-refractivity contribution in [1.29, 1.82) is 0 Å². The highest BCUT2D eigenvalue weighted by Crippen LogP contribution is 2.31. The van der Waals surface area contributed by atoms with Gasteiger partial charge in [0.05, 0.1) is 18.5 Å². The molecule has 0 spiro atoms. The molecule has 0 bridgehead atoms. The minimum Gasteiger partial charge on any atom is -0.497 e. The average Bonchev–Trinajstić information content (AvgIpc) is 2.57. The molecular weight excluding hydrogens is 304 g/mol. The molecular formula is C19H18N2O3. The quantitative estimate of drug-likeness (QED) is 0.671. The van der Waals surface area contributed by atoms with E-state index in [4.69, 9.17) is 4.74 Å². The van der Waals surface area contributed by atoms with Crippen molar-refractivity contribution in [2.24, 2.45) is 0 Å². The van der Waals surface area contributed by atoms with Gasteiger partial charge in [0.1, 0.15) is 11.4 Å². The molecule has 2 aromatic rings. The van der Waals surface area contributed by atoms with Gasteiger partial charge < -0.3 is 15.4 Å². The van der Waals surface area contributed by atoms with Crippen LogP contribution in [-0.2, 0) is 4.79 Å². The molecule has 0 fully saturated rings. The number of carbonyl (C=O) groups excluding carboxylic acids is 2. The fourth-order valence-electron chi connectivity index (χ4n) is 2.49. The third kappa shape index (κ3) is 3.01. The third-order valence-electron chi connectivity index (χ3n) is 4.05. The van der Waals surface area contributed by atoms with Gasteiger partial charge in [-0.3, -0.25) is 9.59 Å². The van der Waals surface area contributed by atoms with Crippen molar-refractivity contribution in [2.75, 3.05) is 17.7 Å². The molecule has 0 saturated carbocycles. The molecule has 1 aliphatic heterocycles. The number of ether oxygens (including phenoxy) is 1. The molecule has 1 heterocycles. The molecule has 5 heteroatoms. The maximum atomic E-state index is 12.4. The molecule has 0 radical (unpaired) electrons. The van der Waals surface area contributed by atoms with Gasteiger partial charge in [-0.25, -0.2) is 0 Å². The number of amides is 1. The van der Waals surface area contributed by atoms with E-state index in [2.05, 4.69) is 10.6 Å². The van der Waals surface area contributed by atoms with Crippen LogP contribution in [-0.4, -0.2) is 18.8 Å². The average molecular weight is 322 g/mol. The zero-order chi connectivity index (χ0) is 17.3. The minimum atomic E-state index is -0.326. The molecule has 0 unspecified atom stereocenters. The van der Waals surface area contributed by atoms with Gasteiger partial charge in [0.2, 0.25) is 0 Å². The zero-order valence-corrected chi connectivity index (χ0v) is 13.8. The summed E-state index contributed by atoms with van der Waals surface area (Å²) in [4.78, 5) is 24.6. The van der Waals surface area contributed by atoms with Crippen LogP contribution in [0.4, 0.5) is 11.4 Å². The molecule has 3 rings (SSSR count). The zero-order valence-electron chi connectivity index (χ0n) is 13.8. The summed E-state index contributed by atoms with van der Waals surface area (Å²) in [6.07, 6.45) is 1.31. The van der Waals surface area contributed by atoms with E-state index in [1.54, 1.807) is 31.4 Å². The van der Waals surface area contributed by atoms with Gasteiger partial charge in [0, 0.05) is 11.6 Å². The summed E-state index contributed by atoms with van der Waals surface area (Å²) in [5.41, 5.74) is 4.43. The van der Waals surface area contributed by atoms with Gasteiger partial charge in [0.25, 0.3) is 5.91 Å². The maximum absolute atomic E-state index is 12.4. The van der Waals surface area contributed by atoms with Crippen molar-refractivity contribution in [3.8, 4) is 5.75 Å². The highest BCUT2D eigenvalue weighted by atomic mass is 16.5. The topological polar surface area (TPSA) is 67.4 Å². The second-order valence-electron chi connectivity index (χ2n) is 5.71. The fourth-order valence-corrected chi connectivity index (χ4v) is 2.49. The van der Waals surface area contributed by atoms with Crippen molar-refractivity contribution in [1.82, 2.24) is 0 Å².